The van der Waals surface area contributed by atoms with E-state index in [4.69, 9.17) is 0 Å². The minimum atomic E-state index is 0.535. The molecule has 3 heteroatoms. The second kappa shape index (κ2) is 9.05. The van der Waals surface area contributed by atoms with Gasteiger partial charge in [0, 0.05) is 31.4 Å². The molecule has 19 heavy (non-hydrogen) atoms. The zero-order valence-corrected chi connectivity index (χ0v) is 12.9. The predicted molar refractivity (Wildman–Crippen MR) is 82.2 cm³/mol. The largest absolute Gasteiger partial charge is 0.312 e. The number of hydrogen-bond acceptors (Lipinski definition) is 3. The van der Waals surface area contributed by atoms with E-state index in [2.05, 4.69) is 55.0 Å². The molecule has 1 heterocycles. The fourth-order valence-electron chi connectivity index (χ4n) is 2.32. The van der Waals surface area contributed by atoms with Crippen LogP contribution in [0, 0.1) is 0 Å². The maximum atomic E-state index is 4.41. The van der Waals surface area contributed by atoms with Crippen LogP contribution in [0.5, 0.6) is 0 Å². The van der Waals surface area contributed by atoms with Crippen LogP contribution in [-0.2, 0) is 6.54 Å². The van der Waals surface area contributed by atoms with Crippen molar-refractivity contribution >= 4 is 0 Å². The van der Waals surface area contributed by atoms with Crippen LogP contribution in [0.25, 0.3) is 0 Å². The number of nitrogens with zero attached hydrogens (tertiary/aromatic N) is 2. The smallest absolute Gasteiger partial charge is 0.0544 e. The van der Waals surface area contributed by atoms with Crippen LogP contribution < -0.4 is 5.32 Å². The SMILES string of the molecule is CCC(CC)NCC(C)N(CC)Cc1ccccn1. The maximum Gasteiger partial charge on any atom is 0.0544 e. The van der Waals surface area contributed by atoms with Gasteiger partial charge in [-0.2, -0.15) is 0 Å². The molecule has 0 amide bonds. The molecule has 1 N–H and O–H groups in total. The second-order valence-corrected chi connectivity index (χ2v) is 5.15. The molecule has 1 aromatic rings. The van der Waals surface area contributed by atoms with E-state index >= 15 is 0 Å². The molecule has 0 aliphatic carbocycles. The Labute approximate surface area is 118 Å². The van der Waals surface area contributed by atoms with Gasteiger partial charge in [-0.15, -0.1) is 0 Å². The molecule has 1 atom stereocenters. The van der Waals surface area contributed by atoms with Crippen molar-refractivity contribution in [3.8, 4) is 0 Å². The van der Waals surface area contributed by atoms with Crippen LogP contribution in [0.1, 0.15) is 46.2 Å². The predicted octanol–water partition coefficient (Wildman–Crippen LogP) is 3.07. The van der Waals surface area contributed by atoms with E-state index in [1.165, 1.54) is 12.8 Å². The van der Waals surface area contributed by atoms with Crippen LogP contribution in [0.2, 0.25) is 0 Å². The third-order valence-corrected chi connectivity index (χ3v) is 3.81. The van der Waals surface area contributed by atoms with Crippen LogP contribution >= 0.6 is 0 Å². The lowest BCUT2D eigenvalue weighted by atomic mass is 10.1. The van der Waals surface area contributed by atoms with Gasteiger partial charge in [-0.1, -0.05) is 26.8 Å². The van der Waals surface area contributed by atoms with Crippen LogP contribution in [0.3, 0.4) is 0 Å². The van der Waals surface area contributed by atoms with Gasteiger partial charge in [0.05, 0.1) is 5.69 Å². The number of pyridine rings is 1. The van der Waals surface area contributed by atoms with E-state index in [9.17, 15) is 0 Å². The van der Waals surface area contributed by atoms with Crippen molar-refractivity contribution in [3.63, 3.8) is 0 Å². The summed E-state index contributed by atoms with van der Waals surface area (Å²) in [6, 6.07) is 7.31. The molecular formula is C16H29N3. The highest BCUT2D eigenvalue weighted by molar-refractivity contribution is 5.03. The summed E-state index contributed by atoms with van der Waals surface area (Å²) in [4.78, 5) is 6.88. The summed E-state index contributed by atoms with van der Waals surface area (Å²) in [5.74, 6) is 0. The Balaban J connectivity index is 2.45. The fraction of sp³-hybridized carbons (Fsp3) is 0.688. The van der Waals surface area contributed by atoms with Crippen molar-refractivity contribution < 1.29 is 0 Å². The first kappa shape index (κ1) is 16.1. The third kappa shape index (κ3) is 5.70. The number of likely N-dealkylation sites (N-methyl/N-ethyl adjacent to an activating group) is 1. The summed E-state index contributed by atoms with van der Waals surface area (Å²) in [6.45, 7) is 12.0. The summed E-state index contributed by atoms with van der Waals surface area (Å²) < 4.78 is 0. The number of rotatable bonds is 9. The molecule has 0 aliphatic heterocycles. The zero-order valence-electron chi connectivity index (χ0n) is 12.9. The van der Waals surface area contributed by atoms with E-state index in [1.54, 1.807) is 0 Å². The minimum absolute atomic E-state index is 0.535. The van der Waals surface area contributed by atoms with E-state index < -0.39 is 0 Å². The van der Waals surface area contributed by atoms with Gasteiger partial charge in [0.1, 0.15) is 0 Å². The minimum Gasteiger partial charge on any atom is -0.312 e. The molecule has 108 valence electrons. The Bertz CT molecular complexity index is 322. The first-order valence-corrected chi connectivity index (χ1v) is 7.58. The lowest BCUT2D eigenvalue weighted by Crippen LogP contribution is -2.43. The number of nitrogens with one attached hydrogen (secondary N) is 1. The fourth-order valence-corrected chi connectivity index (χ4v) is 2.32. The average Bonchev–Trinajstić information content (AvgIpc) is 2.46. The maximum absolute atomic E-state index is 4.41. The Kier molecular flexibility index (Phi) is 7.68. The standard InChI is InChI=1S/C16H29N3/c1-5-15(6-2)18-12-14(4)19(7-3)13-16-10-8-9-11-17-16/h8-11,14-15,18H,5-7,12-13H2,1-4H3. The topological polar surface area (TPSA) is 28.2 Å². The molecule has 0 spiro atoms. The van der Waals surface area contributed by atoms with Crippen molar-refractivity contribution in [2.75, 3.05) is 13.1 Å². The lowest BCUT2D eigenvalue weighted by molar-refractivity contribution is 0.198. The van der Waals surface area contributed by atoms with Crippen molar-refractivity contribution in [2.45, 2.75) is 59.2 Å². The van der Waals surface area contributed by atoms with Crippen LogP contribution in [0.4, 0.5) is 0 Å². The van der Waals surface area contributed by atoms with Crippen LogP contribution in [0.15, 0.2) is 24.4 Å². The van der Waals surface area contributed by atoms with Crippen molar-refractivity contribution in [2.24, 2.45) is 0 Å². The molecular weight excluding hydrogens is 234 g/mol. The number of aromatic nitrogens is 1. The van der Waals surface area contributed by atoms with E-state index in [0.717, 1.165) is 25.3 Å². The molecule has 1 aromatic heterocycles. The van der Waals surface area contributed by atoms with Gasteiger partial charge in [-0.25, -0.2) is 0 Å². The monoisotopic (exact) mass is 263 g/mol. The van der Waals surface area contributed by atoms with E-state index in [0.29, 0.717) is 12.1 Å². The van der Waals surface area contributed by atoms with Crippen molar-refractivity contribution in [1.82, 2.24) is 15.2 Å². The van der Waals surface area contributed by atoms with Gasteiger partial charge < -0.3 is 5.32 Å². The summed E-state index contributed by atoms with van der Waals surface area (Å²) in [6.07, 6.45) is 4.28. The van der Waals surface area contributed by atoms with Crippen molar-refractivity contribution in [3.05, 3.63) is 30.1 Å². The highest BCUT2D eigenvalue weighted by Gasteiger charge is 2.14. The third-order valence-electron chi connectivity index (χ3n) is 3.81. The Morgan fingerprint density at radius 3 is 2.47 bits per heavy atom. The van der Waals surface area contributed by atoms with Gasteiger partial charge in [0.2, 0.25) is 0 Å². The Morgan fingerprint density at radius 1 is 1.21 bits per heavy atom. The number of hydrogen-bond donors (Lipinski definition) is 1. The van der Waals surface area contributed by atoms with E-state index in [1.807, 2.05) is 12.3 Å². The van der Waals surface area contributed by atoms with E-state index in [-0.39, 0.29) is 0 Å². The summed E-state index contributed by atoms with van der Waals surface area (Å²) in [5.41, 5.74) is 1.15. The molecule has 0 radical (unpaired) electrons. The quantitative estimate of drug-likeness (QED) is 0.742. The van der Waals surface area contributed by atoms with Gasteiger partial charge in [0.25, 0.3) is 0 Å². The summed E-state index contributed by atoms with van der Waals surface area (Å²) >= 11 is 0. The molecule has 1 unspecified atom stereocenters. The lowest BCUT2D eigenvalue weighted by Gasteiger charge is -2.29. The summed E-state index contributed by atoms with van der Waals surface area (Å²) in [7, 11) is 0. The zero-order chi connectivity index (χ0) is 14.1. The average molecular weight is 263 g/mol. The highest BCUT2D eigenvalue weighted by atomic mass is 15.2. The second-order valence-electron chi connectivity index (χ2n) is 5.15. The molecule has 0 fully saturated rings. The molecule has 0 saturated carbocycles. The first-order chi connectivity index (χ1) is 9.21. The van der Waals surface area contributed by atoms with Crippen molar-refractivity contribution in [1.29, 1.82) is 0 Å². The molecule has 3 nitrogen and oxygen atoms in total. The van der Waals surface area contributed by atoms with Gasteiger partial charge in [-0.3, -0.25) is 9.88 Å². The molecule has 0 aliphatic rings. The first-order valence-electron chi connectivity index (χ1n) is 7.58. The van der Waals surface area contributed by atoms with Gasteiger partial charge in [0.15, 0.2) is 0 Å². The summed E-state index contributed by atoms with van der Waals surface area (Å²) in [5, 5.41) is 3.66. The van der Waals surface area contributed by atoms with Crippen LogP contribution in [-0.4, -0.2) is 35.1 Å². The van der Waals surface area contributed by atoms with Gasteiger partial charge >= 0.3 is 0 Å². The molecule has 1 rings (SSSR count). The Morgan fingerprint density at radius 2 is 1.95 bits per heavy atom. The Hall–Kier alpha value is -0.930. The molecule has 0 bridgehead atoms. The highest BCUT2D eigenvalue weighted by Crippen LogP contribution is 2.06. The normalized spacial score (nSPS) is 13.2. The van der Waals surface area contributed by atoms with Gasteiger partial charge in [-0.05, 0) is 38.4 Å². The molecule has 0 aromatic carbocycles. The molecule has 0 saturated heterocycles.